The molecule has 11 heteroatoms. The van der Waals surface area contributed by atoms with Gasteiger partial charge < -0.3 is 14.1 Å². The van der Waals surface area contributed by atoms with Gasteiger partial charge in [-0.3, -0.25) is 0 Å². The monoisotopic (exact) mass is 413 g/mol. The normalized spacial score (nSPS) is 12.0. The van der Waals surface area contributed by atoms with Gasteiger partial charge in [0.25, 0.3) is 0 Å². The minimum Gasteiger partial charge on any atom is -0.545 e. The molecular formula is C14H6Cl2F3O5S-. The largest absolute Gasteiger partial charge is 0.545 e. The van der Waals surface area contributed by atoms with Gasteiger partial charge in [-0.1, -0.05) is 29.3 Å². The van der Waals surface area contributed by atoms with Crippen LogP contribution in [-0.4, -0.2) is 19.9 Å². The molecule has 0 heterocycles. The number of hydrogen-bond donors (Lipinski definition) is 0. The Labute approximate surface area is 149 Å². The maximum atomic E-state index is 12.5. The number of benzene rings is 2. The van der Waals surface area contributed by atoms with Gasteiger partial charge in [0.2, 0.25) is 0 Å². The maximum Gasteiger partial charge on any atom is 0.534 e. The van der Waals surface area contributed by atoms with E-state index >= 15 is 0 Å². The molecule has 0 radical (unpaired) electrons. The van der Waals surface area contributed by atoms with E-state index in [4.69, 9.17) is 23.2 Å². The lowest BCUT2D eigenvalue weighted by Gasteiger charge is -2.15. The number of carbonyl (C=O) groups is 1. The molecule has 25 heavy (non-hydrogen) atoms. The molecule has 5 nitrogen and oxygen atoms in total. The summed E-state index contributed by atoms with van der Waals surface area (Å²) in [5.74, 6) is -2.39. The molecule has 2 aromatic carbocycles. The molecule has 0 aliphatic carbocycles. The van der Waals surface area contributed by atoms with E-state index in [0.29, 0.717) is 0 Å². The summed E-state index contributed by atoms with van der Waals surface area (Å²) < 4.78 is 64.2. The number of rotatable bonds is 4. The molecule has 0 atom stereocenters. The SMILES string of the molecule is O=C([O-])c1ccc(OS(=O)(=O)C(F)(F)F)c(-c2ccc(Cl)cc2Cl)c1. The third-order valence-electron chi connectivity index (χ3n) is 2.92. The van der Waals surface area contributed by atoms with Crippen molar-refractivity contribution in [3.63, 3.8) is 0 Å². The zero-order valence-electron chi connectivity index (χ0n) is 11.8. The van der Waals surface area contributed by atoms with Crippen LogP contribution < -0.4 is 9.29 Å². The molecule has 0 aliphatic rings. The highest BCUT2D eigenvalue weighted by Crippen LogP contribution is 2.39. The van der Waals surface area contributed by atoms with Crippen molar-refractivity contribution in [1.29, 1.82) is 0 Å². The molecule has 0 saturated carbocycles. The molecule has 2 rings (SSSR count). The Morgan fingerprint density at radius 2 is 1.68 bits per heavy atom. The van der Waals surface area contributed by atoms with Gasteiger partial charge in [0.15, 0.2) is 5.75 Å². The Morgan fingerprint density at radius 1 is 1.04 bits per heavy atom. The van der Waals surface area contributed by atoms with Gasteiger partial charge in [-0.05, 0) is 35.9 Å². The van der Waals surface area contributed by atoms with E-state index in [1.807, 2.05) is 0 Å². The second kappa shape index (κ2) is 6.74. The van der Waals surface area contributed by atoms with Crippen LogP contribution >= 0.6 is 23.2 Å². The lowest BCUT2D eigenvalue weighted by atomic mass is 10.0. The van der Waals surface area contributed by atoms with Crippen molar-refractivity contribution in [3.05, 3.63) is 52.0 Å². The molecule has 134 valence electrons. The standard InChI is InChI=1S/C14H7Cl2F3O5S/c15-8-2-3-9(11(16)6-8)10-5-7(13(20)21)1-4-12(10)24-25(22,23)14(17,18)19/h1-6H,(H,20,21)/p-1. The molecule has 0 aromatic heterocycles. The Morgan fingerprint density at radius 3 is 2.20 bits per heavy atom. The minimum absolute atomic E-state index is 0.0153. The van der Waals surface area contributed by atoms with E-state index in [0.717, 1.165) is 18.2 Å². The highest BCUT2D eigenvalue weighted by molar-refractivity contribution is 7.88. The van der Waals surface area contributed by atoms with Crippen LogP contribution in [0.4, 0.5) is 13.2 Å². The van der Waals surface area contributed by atoms with Crippen LogP contribution in [0.2, 0.25) is 10.0 Å². The predicted octanol–water partition coefficient (Wildman–Crippen LogP) is 3.25. The molecule has 2 aromatic rings. The van der Waals surface area contributed by atoms with Crippen molar-refractivity contribution >= 4 is 39.3 Å². The lowest BCUT2D eigenvalue weighted by molar-refractivity contribution is -0.255. The summed E-state index contributed by atoms with van der Waals surface area (Å²) in [6.07, 6.45) is 0. The first-order chi connectivity index (χ1) is 11.4. The van der Waals surface area contributed by atoms with E-state index in [-0.39, 0.29) is 21.2 Å². The Balaban J connectivity index is 2.67. The van der Waals surface area contributed by atoms with Gasteiger partial charge in [0, 0.05) is 16.1 Å². The van der Waals surface area contributed by atoms with Crippen molar-refractivity contribution in [1.82, 2.24) is 0 Å². The Hall–Kier alpha value is -1.97. The van der Waals surface area contributed by atoms with Crippen LogP contribution in [0.1, 0.15) is 10.4 Å². The first-order valence-corrected chi connectivity index (χ1v) is 8.40. The number of carbonyl (C=O) groups excluding carboxylic acids is 1. The van der Waals surface area contributed by atoms with Gasteiger partial charge in [0.05, 0.1) is 11.0 Å². The Bertz CT molecular complexity index is 942. The third kappa shape index (κ3) is 4.17. The second-order valence-electron chi connectivity index (χ2n) is 4.61. The molecule has 0 N–H and O–H groups in total. The molecule has 0 saturated heterocycles. The smallest absolute Gasteiger partial charge is 0.534 e. The second-order valence-corrected chi connectivity index (χ2v) is 6.99. The number of halogens is 5. The van der Waals surface area contributed by atoms with Crippen molar-refractivity contribution in [3.8, 4) is 16.9 Å². The molecule has 0 fully saturated rings. The fourth-order valence-corrected chi connectivity index (χ4v) is 2.80. The van der Waals surface area contributed by atoms with Crippen molar-refractivity contribution < 1.29 is 35.7 Å². The van der Waals surface area contributed by atoms with Gasteiger partial charge >= 0.3 is 15.6 Å². The fourth-order valence-electron chi connectivity index (χ4n) is 1.81. The summed E-state index contributed by atoms with van der Waals surface area (Å²) in [6, 6.07) is 6.32. The number of carboxylic acid groups (broad SMARTS) is 1. The van der Waals surface area contributed by atoms with Crippen LogP contribution in [0.3, 0.4) is 0 Å². The molecule has 0 bridgehead atoms. The van der Waals surface area contributed by atoms with Gasteiger partial charge in [-0.15, -0.1) is 0 Å². The van der Waals surface area contributed by atoms with Crippen molar-refractivity contribution in [2.24, 2.45) is 0 Å². The molecule has 0 unspecified atom stereocenters. The van der Waals surface area contributed by atoms with Crippen molar-refractivity contribution in [2.45, 2.75) is 5.51 Å². The quantitative estimate of drug-likeness (QED) is 0.567. The summed E-state index contributed by atoms with van der Waals surface area (Å²) in [6.45, 7) is 0. The molecular weight excluding hydrogens is 408 g/mol. The first kappa shape index (κ1) is 19.4. The molecule has 0 spiro atoms. The van der Waals surface area contributed by atoms with Crippen LogP contribution in [0, 0.1) is 0 Å². The summed E-state index contributed by atoms with van der Waals surface area (Å²) >= 11 is 11.7. The fraction of sp³-hybridized carbons (Fsp3) is 0.0714. The van der Waals surface area contributed by atoms with E-state index in [9.17, 15) is 31.5 Å². The van der Waals surface area contributed by atoms with Gasteiger partial charge in [0.1, 0.15) is 0 Å². The summed E-state index contributed by atoms with van der Waals surface area (Å²) in [4.78, 5) is 11.0. The zero-order valence-corrected chi connectivity index (χ0v) is 14.1. The van der Waals surface area contributed by atoms with Gasteiger partial charge in [-0.2, -0.15) is 21.6 Å². The highest BCUT2D eigenvalue weighted by atomic mass is 35.5. The number of carboxylic acids is 1. The van der Waals surface area contributed by atoms with E-state index in [1.54, 1.807) is 0 Å². The van der Waals surface area contributed by atoms with Crippen LogP contribution in [0.5, 0.6) is 5.75 Å². The van der Waals surface area contributed by atoms with E-state index in [2.05, 4.69) is 4.18 Å². The third-order valence-corrected chi connectivity index (χ3v) is 4.43. The average Bonchev–Trinajstić information content (AvgIpc) is 2.46. The highest BCUT2D eigenvalue weighted by Gasteiger charge is 2.48. The van der Waals surface area contributed by atoms with Crippen LogP contribution in [0.25, 0.3) is 11.1 Å². The first-order valence-electron chi connectivity index (χ1n) is 6.24. The summed E-state index contributed by atoms with van der Waals surface area (Å²) in [5.41, 5.74) is -6.36. The minimum atomic E-state index is -5.97. The Kier molecular flexibility index (Phi) is 5.22. The average molecular weight is 414 g/mol. The van der Waals surface area contributed by atoms with Crippen LogP contribution in [-0.2, 0) is 10.1 Å². The summed E-state index contributed by atoms with van der Waals surface area (Å²) in [5, 5.41) is 11.1. The van der Waals surface area contributed by atoms with Crippen molar-refractivity contribution in [2.75, 3.05) is 0 Å². The number of alkyl halides is 3. The van der Waals surface area contributed by atoms with E-state index in [1.165, 1.54) is 18.2 Å². The van der Waals surface area contributed by atoms with E-state index < -0.39 is 32.9 Å². The lowest BCUT2D eigenvalue weighted by Crippen LogP contribution is -2.28. The number of hydrogen-bond acceptors (Lipinski definition) is 5. The predicted molar refractivity (Wildman–Crippen MR) is 81.8 cm³/mol. The molecule has 0 aliphatic heterocycles. The maximum absolute atomic E-state index is 12.5. The van der Waals surface area contributed by atoms with Gasteiger partial charge in [-0.25, -0.2) is 0 Å². The molecule has 0 amide bonds. The van der Waals surface area contributed by atoms with Crippen LogP contribution in [0.15, 0.2) is 36.4 Å². The number of aromatic carboxylic acids is 1. The zero-order chi connectivity index (χ0) is 19.0. The summed E-state index contributed by atoms with van der Waals surface area (Å²) in [7, 11) is -5.97. The topological polar surface area (TPSA) is 83.5 Å².